The SMILES string of the molecule is Nc1ccc2n(n1)c(N)c[n+]2CC1=C(C(=O)O)N2C(=O)[C@@H](NC(=O)/C(=N\OC3CCC3)c3nsc(N)n3)[C@H]2SC1. The Balaban J connectivity index is 1.23. The fourth-order valence-corrected chi connectivity index (χ4v) is 6.35. The lowest BCUT2D eigenvalue weighted by Crippen LogP contribution is -2.71. The number of β-lactam (4-membered cyclic amide) rings is 1. The van der Waals surface area contributed by atoms with Crippen LogP contribution >= 0.6 is 23.3 Å². The third-order valence-corrected chi connectivity index (χ3v) is 8.66. The highest BCUT2D eigenvalue weighted by atomic mass is 32.2. The number of rotatable bonds is 8. The standard InChI is InChI=1S/C22H23N11O5S2/c23-11-4-5-13-31(7-12(24)33(13)28-11)6-9-8-39-20-15(19(35)32(20)16(9)21(36)37)26-18(34)14(17-27-22(25)40-30-17)29-38-10-2-1-3-10/h4-5,7,10,15,20H,1-3,6,8H2,(H7-,23,24,25,26,27,28,30,34,36,37)/p+1/b29-14-/t15-,20-/m1/s1. The number of fused-ring (bicyclic) bond motifs is 2. The third kappa shape index (κ3) is 4.43. The highest BCUT2D eigenvalue weighted by molar-refractivity contribution is 8.00. The molecule has 5 heterocycles. The first-order valence-corrected chi connectivity index (χ1v) is 14.0. The van der Waals surface area contributed by atoms with Crippen LogP contribution in [0.3, 0.4) is 0 Å². The largest absolute Gasteiger partial charge is 0.477 e. The number of aromatic nitrogens is 5. The molecule has 1 saturated heterocycles. The monoisotopic (exact) mass is 586 g/mol. The van der Waals surface area contributed by atoms with E-state index in [0.29, 0.717) is 22.8 Å². The van der Waals surface area contributed by atoms with Crippen LogP contribution in [0, 0.1) is 0 Å². The van der Waals surface area contributed by atoms with Crippen LogP contribution in [0.1, 0.15) is 25.1 Å². The summed E-state index contributed by atoms with van der Waals surface area (Å²) in [6, 6.07) is 2.35. The zero-order chi connectivity index (χ0) is 28.1. The van der Waals surface area contributed by atoms with Crippen molar-refractivity contribution in [1.82, 2.24) is 29.2 Å². The van der Waals surface area contributed by atoms with Crippen LogP contribution < -0.4 is 27.1 Å². The predicted octanol–water partition coefficient (Wildman–Crippen LogP) is -1.07. The molecule has 18 heteroatoms. The minimum atomic E-state index is -1.25. The number of aliphatic carboxylic acids is 1. The lowest BCUT2D eigenvalue weighted by Gasteiger charge is -2.49. The smallest absolute Gasteiger partial charge is 0.352 e. The Bertz CT molecular complexity index is 1610. The van der Waals surface area contributed by atoms with Crippen LogP contribution in [-0.2, 0) is 25.8 Å². The molecular weight excluding hydrogens is 562 g/mol. The van der Waals surface area contributed by atoms with Crippen LogP contribution in [0.2, 0.25) is 0 Å². The molecule has 0 spiro atoms. The van der Waals surface area contributed by atoms with Crippen molar-refractivity contribution in [2.75, 3.05) is 23.0 Å². The van der Waals surface area contributed by atoms with Gasteiger partial charge in [0.1, 0.15) is 29.8 Å². The van der Waals surface area contributed by atoms with Gasteiger partial charge >= 0.3 is 11.6 Å². The maximum absolute atomic E-state index is 13.2. The second kappa shape index (κ2) is 9.94. The fraction of sp³-hybridized carbons (Fsp3) is 0.364. The predicted molar refractivity (Wildman–Crippen MR) is 143 cm³/mol. The van der Waals surface area contributed by atoms with E-state index in [0.717, 1.165) is 30.8 Å². The van der Waals surface area contributed by atoms with Crippen molar-refractivity contribution in [1.29, 1.82) is 0 Å². The highest BCUT2D eigenvalue weighted by Gasteiger charge is 2.54. The van der Waals surface area contributed by atoms with Gasteiger partial charge in [-0.1, -0.05) is 14.8 Å². The molecule has 1 aliphatic carbocycles. The van der Waals surface area contributed by atoms with Gasteiger partial charge in [0.15, 0.2) is 17.1 Å². The Morgan fingerprint density at radius 2 is 2.08 bits per heavy atom. The second-order valence-electron chi connectivity index (χ2n) is 9.38. The molecule has 3 aliphatic rings. The Hall–Kier alpha value is -4.45. The van der Waals surface area contributed by atoms with E-state index >= 15 is 0 Å². The van der Waals surface area contributed by atoms with Crippen molar-refractivity contribution < 1.29 is 28.9 Å². The van der Waals surface area contributed by atoms with Crippen LogP contribution in [0.15, 0.2) is 34.8 Å². The average molecular weight is 587 g/mol. The first-order chi connectivity index (χ1) is 19.2. The molecule has 0 radical (unpaired) electrons. The van der Waals surface area contributed by atoms with Gasteiger partial charge in [-0.05, 0) is 25.3 Å². The Kier molecular flexibility index (Phi) is 6.41. The van der Waals surface area contributed by atoms with E-state index < -0.39 is 29.2 Å². The summed E-state index contributed by atoms with van der Waals surface area (Å²) >= 11 is 2.23. The first kappa shape index (κ1) is 25.8. The van der Waals surface area contributed by atoms with E-state index in [4.69, 9.17) is 22.0 Å². The third-order valence-electron chi connectivity index (χ3n) is 6.77. The second-order valence-corrected chi connectivity index (χ2v) is 11.3. The molecular formula is C22H24N11O5S2+. The number of carbonyl (C=O) groups is 3. The zero-order valence-corrected chi connectivity index (χ0v) is 22.4. The maximum atomic E-state index is 13.2. The number of carboxylic acid groups (broad SMARTS) is 1. The van der Waals surface area contributed by atoms with Crippen LogP contribution in [-0.4, -0.2) is 75.7 Å². The maximum Gasteiger partial charge on any atom is 0.352 e. The summed E-state index contributed by atoms with van der Waals surface area (Å²) in [6.45, 7) is 0.153. The summed E-state index contributed by atoms with van der Waals surface area (Å²) in [6.07, 6.45) is 4.17. The molecule has 2 fully saturated rings. The van der Waals surface area contributed by atoms with E-state index in [-0.39, 0.29) is 40.8 Å². The van der Waals surface area contributed by atoms with Crippen molar-refractivity contribution in [3.8, 4) is 0 Å². The van der Waals surface area contributed by atoms with Crippen LogP contribution in [0.25, 0.3) is 5.65 Å². The van der Waals surface area contributed by atoms with E-state index in [1.807, 2.05) is 0 Å². The molecule has 2 amide bonds. The molecule has 3 aromatic rings. The number of hydrogen-bond donors (Lipinski definition) is 5. The number of thioether (sulfide) groups is 1. The number of hydrogen-bond acceptors (Lipinski definition) is 13. The van der Waals surface area contributed by atoms with Gasteiger partial charge < -0.3 is 32.5 Å². The number of oxime groups is 1. The lowest BCUT2D eigenvalue weighted by atomic mass is 9.97. The van der Waals surface area contributed by atoms with Gasteiger partial charge in [0.05, 0.1) is 0 Å². The molecule has 1 saturated carbocycles. The summed E-state index contributed by atoms with van der Waals surface area (Å²) in [7, 11) is 0. The summed E-state index contributed by atoms with van der Waals surface area (Å²) in [5, 5.41) is 20.4. The quantitative estimate of drug-likeness (QED) is 0.0919. The molecule has 40 heavy (non-hydrogen) atoms. The molecule has 2 aliphatic heterocycles. The summed E-state index contributed by atoms with van der Waals surface area (Å²) in [4.78, 5) is 49.4. The lowest BCUT2D eigenvalue weighted by molar-refractivity contribution is -0.662. The Morgan fingerprint density at radius 3 is 2.75 bits per heavy atom. The van der Waals surface area contributed by atoms with E-state index in [2.05, 4.69) is 24.9 Å². The number of nitrogens with one attached hydrogen (secondary N) is 1. The first-order valence-electron chi connectivity index (χ1n) is 12.2. The van der Waals surface area contributed by atoms with Gasteiger partial charge in [-0.25, -0.2) is 9.36 Å². The van der Waals surface area contributed by atoms with Crippen molar-refractivity contribution in [2.45, 2.75) is 43.3 Å². The van der Waals surface area contributed by atoms with Crippen LogP contribution in [0.4, 0.5) is 16.8 Å². The number of imidazole rings is 1. The molecule has 0 aromatic carbocycles. The van der Waals surface area contributed by atoms with E-state index in [1.54, 1.807) is 22.9 Å². The topological polar surface area (TPSA) is 233 Å². The van der Waals surface area contributed by atoms with Crippen LogP contribution in [0.5, 0.6) is 0 Å². The van der Waals surface area contributed by atoms with Gasteiger partial charge in [0.25, 0.3) is 17.6 Å². The van der Waals surface area contributed by atoms with Crippen molar-refractivity contribution in [3.05, 3.63) is 35.4 Å². The molecule has 16 nitrogen and oxygen atoms in total. The fourth-order valence-electron chi connectivity index (χ4n) is 4.58. The number of carbonyl (C=O) groups excluding carboxylic acids is 2. The van der Waals surface area contributed by atoms with Gasteiger partial charge in [-0.3, -0.25) is 14.5 Å². The highest BCUT2D eigenvalue weighted by Crippen LogP contribution is 2.40. The Morgan fingerprint density at radius 1 is 1.27 bits per heavy atom. The molecule has 8 N–H and O–H groups in total. The zero-order valence-electron chi connectivity index (χ0n) is 20.8. The summed E-state index contributed by atoms with van der Waals surface area (Å²) in [5.41, 5.74) is 18.3. The van der Waals surface area contributed by atoms with Crippen molar-refractivity contribution in [3.63, 3.8) is 0 Å². The number of nitrogens with two attached hydrogens (primary N) is 3. The number of anilines is 3. The minimum absolute atomic E-state index is 0.0139. The van der Waals surface area contributed by atoms with Gasteiger partial charge in [-0.15, -0.1) is 11.8 Å². The van der Waals surface area contributed by atoms with Gasteiger partial charge in [0.2, 0.25) is 11.5 Å². The normalized spacial score (nSPS) is 21.1. The number of nitrogens with zero attached hydrogens (tertiary/aromatic N) is 7. The number of nitrogen functional groups attached to an aromatic ring is 3. The van der Waals surface area contributed by atoms with Crippen molar-refractivity contribution in [2.24, 2.45) is 5.16 Å². The molecule has 2 atom stereocenters. The van der Waals surface area contributed by atoms with Gasteiger partial charge in [-0.2, -0.15) is 9.36 Å². The van der Waals surface area contributed by atoms with E-state index in [9.17, 15) is 19.5 Å². The Labute approximate surface area is 234 Å². The minimum Gasteiger partial charge on any atom is -0.477 e. The molecule has 208 valence electrons. The van der Waals surface area contributed by atoms with E-state index in [1.165, 1.54) is 21.2 Å². The van der Waals surface area contributed by atoms with Gasteiger partial charge in [0, 0.05) is 28.9 Å². The average Bonchev–Trinajstić information content (AvgIpc) is 3.45. The molecule has 3 aromatic heterocycles. The molecule has 6 rings (SSSR count). The molecule has 0 unspecified atom stereocenters. The number of amides is 2. The van der Waals surface area contributed by atoms with Crippen molar-refractivity contribution >= 4 is 69.2 Å². The summed E-state index contributed by atoms with van der Waals surface area (Å²) < 4.78 is 7.24. The summed E-state index contributed by atoms with van der Waals surface area (Å²) in [5.74, 6) is -1.66. The molecule has 0 bridgehead atoms. The number of carboxylic acids is 1.